The summed E-state index contributed by atoms with van der Waals surface area (Å²) in [4.78, 5) is 27.6. The third-order valence-electron chi connectivity index (χ3n) is 1.20. The zero-order chi connectivity index (χ0) is 8.27. The van der Waals surface area contributed by atoms with Gasteiger partial charge in [-0.25, -0.2) is 0 Å². The summed E-state index contributed by atoms with van der Waals surface area (Å²) in [6.07, 6.45) is 3.00. The molecule has 0 aliphatic carbocycles. The Kier molecular flexibility index (Phi) is 2.15. The maximum Gasteiger partial charge on any atom is 0.270 e. The number of H-pyrrole nitrogens is 1. The maximum absolute atomic E-state index is 10.9. The normalized spacial score (nSPS) is 9.55. The Labute approximate surface area is 63.3 Å². The molecule has 0 atom stereocenters. The first kappa shape index (κ1) is 7.65. The molecule has 58 valence electrons. The molecule has 11 heavy (non-hydrogen) atoms. The number of aromatic nitrogens is 2. The lowest BCUT2D eigenvalue weighted by Gasteiger charge is -1.92. The fourth-order valence-corrected chi connectivity index (χ4v) is 0.744. The zero-order valence-corrected chi connectivity index (χ0v) is 6.13. The SMILES string of the molecule is CC(=O)Cc1ncc[nH]c1=O. The lowest BCUT2D eigenvalue weighted by molar-refractivity contribution is -0.116. The van der Waals surface area contributed by atoms with E-state index >= 15 is 0 Å². The fraction of sp³-hybridized carbons (Fsp3) is 0.286. The summed E-state index contributed by atoms with van der Waals surface area (Å²) in [5.74, 6) is -0.0609. The van der Waals surface area contributed by atoms with E-state index in [9.17, 15) is 9.59 Å². The fourth-order valence-electron chi connectivity index (χ4n) is 0.744. The first-order chi connectivity index (χ1) is 5.20. The summed E-state index contributed by atoms with van der Waals surface area (Å²) in [6.45, 7) is 1.42. The number of nitrogens with zero attached hydrogens (tertiary/aromatic N) is 1. The average Bonchev–Trinajstić information content (AvgIpc) is 1.93. The van der Waals surface area contributed by atoms with Crippen LogP contribution in [-0.4, -0.2) is 15.8 Å². The van der Waals surface area contributed by atoms with Crippen molar-refractivity contribution in [3.63, 3.8) is 0 Å². The molecule has 0 radical (unpaired) electrons. The van der Waals surface area contributed by atoms with Gasteiger partial charge in [-0.3, -0.25) is 14.6 Å². The molecule has 4 heteroatoms. The predicted octanol–water partition coefficient (Wildman–Crippen LogP) is -0.0986. The molecule has 1 aromatic heterocycles. The van der Waals surface area contributed by atoms with Gasteiger partial charge in [-0.2, -0.15) is 0 Å². The Morgan fingerprint density at radius 1 is 1.73 bits per heavy atom. The van der Waals surface area contributed by atoms with Crippen molar-refractivity contribution in [2.75, 3.05) is 0 Å². The van der Waals surface area contributed by atoms with Crippen LogP contribution in [0.3, 0.4) is 0 Å². The third-order valence-corrected chi connectivity index (χ3v) is 1.20. The van der Waals surface area contributed by atoms with Gasteiger partial charge in [-0.1, -0.05) is 0 Å². The molecule has 0 aliphatic heterocycles. The molecule has 0 unspecified atom stereocenters. The van der Waals surface area contributed by atoms with E-state index in [1.165, 1.54) is 19.3 Å². The molecule has 0 spiro atoms. The molecule has 0 saturated heterocycles. The van der Waals surface area contributed by atoms with Gasteiger partial charge in [0.05, 0.1) is 6.42 Å². The Bertz CT molecular complexity index is 316. The molecule has 0 saturated carbocycles. The number of hydrogen-bond acceptors (Lipinski definition) is 3. The van der Waals surface area contributed by atoms with Crippen LogP contribution in [0.15, 0.2) is 17.2 Å². The number of Topliss-reactive ketones (excluding diaryl/α,β-unsaturated/α-hetero) is 1. The van der Waals surface area contributed by atoms with Gasteiger partial charge >= 0.3 is 0 Å². The lowest BCUT2D eigenvalue weighted by atomic mass is 10.2. The Morgan fingerprint density at radius 2 is 2.45 bits per heavy atom. The van der Waals surface area contributed by atoms with E-state index in [0.717, 1.165) is 0 Å². The molecular formula is C7H8N2O2. The second-order valence-electron chi connectivity index (χ2n) is 2.24. The Morgan fingerprint density at radius 3 is 3.00 bits per heavy atom. The summed E-state index contributed by atoms with van der Waals surface area (Å²) in [6, 6.07) is 0. The van der Waals surface area contributed by atoms with Crippen LogP contribution in [0.2, 0.25) is 0 Å². The highest BCUT2D eigenvalue weighted by Gasteiger charge is 2.01. The number of rotatable bonds is 2. The smallest absolute Gasteiger partial charge is 0.270 e. The van der Waals surface area contributed by atoms with Gasteiger partial charge in [0.1, 0.15) is 11.5 Å². The Hall–Kier alpha value is -1.45. The number of carbonyl (C=O) groups excluding carboxylic acids is 1. The molecule has 1 N–H and O–H groups in total. The van der Waals surface area contributed by atoms with Crippen LogP contribution in [0.5, 0.6) is 0 Å². The zero-order valence-electron chi connectivity index (χ0n) is 6.13. The van der Waals surface area contributed by atoms with Crippen molar-refractivity contribution in [2.45, 2.75) is 13.3 Å². The van der Waals surface area contributed by atoms with Crippen LogP contribution in [0, 0.1) is 0 Å². The minimum Gasteiger partial charge on any atom is -0.326 e. The van der Waals surface area contributed by atoms with Crippen LogP contribution in [0.4, 0.5) is 0 Å². The first-order valence-corrected chi connectivity index (χ1v) is 3.22. The van der Waals surface area contributed by atoms with Gasteiger partial charge in [-0.15, -0.1) is 0 Å². The summed E-state index contributed by atoms with van der Waals surface area (Å²) in [5, 5.41) is 0. The van der Waals surface area contributed by atoms with Crippen LogP contribution in [-0.2, 0) is 11.2 Å². The van der Waals surface area contributed by atoms with Crippen molar-refractivity contribution in [3.8, 4) is 0 Å². The number of hydrogen-bond donors (Lipinski definition) is 1. The van der Waals surface area contributed by atoms with Crippen molar-refractivity contribution >= 4 is 5.78 Å². The minimum atomic E-state index is -0.289. The number of ketones is 1. The van der Waals surface area contributed by atoms with Crippen LogP contribution in [0.1, 0.15) is 12.6 Å². The molecule has 1 rings (SSSR count). The monoisotopic (exact) mass is 152 g/mol. The lowest BCUT2D eigenvalue weighted by Crippen LogP contribution is -2.16. The molecule has 0 aliphatic rings. The van der Waals surface area contributed by atoms with Gasteiger partial charge < -0.3 is 4.98 Å². The highest BCUT2D eigenvalue weighted by Crippen LogP contribution is 1.85. The number of nitrogens with one attached hydrogen (secondary N) is 1. The second kappa shape index (κ2) is 3.09. The van der Waals surface area contributed by atoms with E-state index in [1.807, 2.05) is 0 Å². The molecule has 0 amide bonds. The van der Waals surface area contributed by atoms with Gasteiger partial charge in [0.25, 0.3) is 5.56 Å². The van der Waals surface area contributed by atoms with Gasteiger partial charge in [-0.05, 0) is 6.92 Å². The summed E-state index contributed by atoms with van der Waals surface area (Å²) in [5.41, 5.74) is -0.0114. The van der Waals surface area contributed by atoms with Crippen molar-refractivity contribution in [3.05, 3.63) is 28.4 Å². The van der Waals surface area contributed by atoms with E-state index in [2.05, 4.69) is 9.97 Å². The largest absolute Gasteiger partial charge is 0.326 e. The first-order valence-electron chi connectivity index (χ1n) is 3.22. The van der Waals surface area contributed by atoms with Crippen molar-refractivity contribution in [2.24, 2.45) is 0 Å². The van der Waals surface area contributed by atoms with Crippen LogP contribution >= 0.6 is 0 Å². The van der Waals surface area contributed by atoms with Crippen molar-refractivity contribution in [1.29, 1.82) is 0 Å². The van der Waals surface area contributed by atoms with Gasteiger partial charge in [0.2, 0.25) is 0 Å². The molecule has 0 aromatic carbocycles. The summed E-state index contributed by atoms with van der Waals surface area (Å²) in [7, 11) is 0. The second-order valence-corrected chi connectivity index (χ2v) is 2.24. The maximum atomic E-state index is 10.9. The van der Waals surface area contributed by atoms with E-state index < -0.39 is 0 Å². The molecule has 0 bridgehead atoms. The van der Waals surface area contributed by atoms with Gasteiger partial charge in [0.15, 0.2) is 0 Å². The average molecular weight is 152 g/mol. The van der Waals surface area contributed by atoms with Crippen LogP contribution in [0.25, 0.3) is 0 Å². The topological polar surface area (TPSA) is 62.8 Å². The van der Waals surface area contributed by atoms with Gasteiger partial charge in [0, 0.05) is 12.4 Å². The van der Waals surface area contributed by atoms with E-state index in [1.54, 1.807) is 0 Å². The predicted molar refractivity (Wildman–Crippen MR) is 39.2 cm³/mol. The minimum absolute atomic E-state index is 0.0609. The molecule has 0 fully saturated rings. The van der Waals surface area contributed by atoms with E-state index in [-0.39, 0.29) is 23.5 Å². The summed E-state index contributed by atoms with van der Waals surface area (Å²) >= 11 is 0. The van der Waals surface area contributed by atoms with Crippen molar-refractivity contribution < 1.29 is 4.79 Å². The quantitative estimate of drug-likeness (QED) is 0.643. The van der Waals surface area contributed by atoms with E-state index in [0.29, 0.717) is 0 Å². The number of aromatic amines is 1. The molecule has 4 nitrogen and oxygen atoms in total. The van der Waals surface area contributed by atoms with E-state index in [4.69, 9.17) is 0 Å². The third kappa shape index (κ3) is 2.00. The van der Waals surface area contributed by atoms with Crippen molar-refractivity contribution in [1.82, 2.24) is 9.97 Å². The molecular weight excluding hydrogens is 144 g/mol. The number of carbonyl (C=O) groups is 1. The summed E-state index contributed by atoms with van der Waals surface area (Å²) < 4.78 is 0. The Balaban J connectivity index is 2.95. The standard InChI is InChI=1S/C7H8N2O2/c1-5(10)4-6-7(11)9-3-2-8-6/h2-3H,4H2,1H3,(H,9,11). The van der Waals surface area contributed by atoms with Crippen LogP contribution < -0.4 is 5.56 Å². The molecule has 1 aromatic rings. The highest BCUT2D eigenvalue weighted by atomic mass is 16.1. The highest BCUT2D eigenvalue weighted by molar-refractivity contribution is 5.77. The molecule has 1 heterocycles.